The zero-order chi connectivity index (χ0) is 88.4. The van der Waals surface area contributed by atoms with Gasteiger partial charge >= 0.3 is 17.9 Å². The Morgan fingerprint density at radius 2 is 1.16 bits per heavy atom. The molecule has 0 spiro atoms. The first-order valence-corrected chi connectivity index (χ1v) is 42.8. The summed E-state index contributed by atoms with van der Waals surface area (Å²) >= 11 is 3.73. The number of carboxylic acids is 3. The van der Waals surface area contributed by atoms with Gasteiger partial charge in [-0.1, -0.05) is 84.9 Å². The van der Waals surface area contributed by atoms with E-state index in [4.69, 9.17) is 16.9 Å². The Morgan fingerprint density at radius 3 is 1.74 bits per heavy atom. The number of aliphatic hydroxyl groups excluding tert-OH is 1. The summed E-state index contributed by atoms with van der Waals surface area (Å²) in [6.45, 7) is 2.50. The molecule has 2 bridgehead atoms. The lowest BCUT2D eigenvalue weighted by Gasteiger charge is -2.34. The smallest absolute Gasteiger partial charge is 0.305 e. The molecular formula is C78H105N19O21S3. The number of fused-ring (bicyclic) bond motifs is 4. The molecule has 43 heteroatoms. The van der Waals surface area contributed by atoms with Gasteiger partial charge in [0.05, 0.1) is 31.0 Å². The van der Waals surface area contributed by atoms with E-state index in [2.05, 4.69) is 73.8 Å². The number of aromatic nitrogens is 2. The van der Waals surface area contributed by atoms with Crippen molar-refractivity contribution in [2.24, 2.45) is 11.5 Å². The first-order chi connectivity index (χ1) is 57.7. The molecule has 3 aliphatic heterocycles. The minimum atomic E-state index is -2.11. The first kappa shape index (κ1) is 96.3. The number of carbonyl (C=O) groups excluding carboxylic acids is 14. The third-order valence-electron chi connectivity index (χ3n) is 19.8. The number of thioether (sulfide) groups is 3. The SMILES string of the molecule is CSCC[C@H](NC(C)=O)C(=O)N[C@@H]1CSCc2cccc(c2)CSC[C@@H](C(=O)N[C@@H](CC(=O)O)C(=O)N[C@@H](Cc2c[nH]cn2)C(=O)N[C@@H](Cc2ccccc2)C(=O)N[C@@H](CCCNC(=N)N)C(=O)N[C@@H](CC(=O)O)C(N)=O)NC(=O)[C@H](Cc2ccccc2)NC(=O)[C@H](CCC(=O)O)NC(=O)[C@H]([C@@H](C)O)NC(=O)[C@@H]2CCCN2C(=O)[C@@H]2CCCN2C1=O. The molecule has 2 saturated heterocycles. The average molecular weight is 1740 g/mol. The summed E-state index contributed by atoms with van der Waals surface area (Å²) in [5, 5.41) is 79.0. The summed E-state index contributed by atoms with van der Waals surface area (Å²) in [6, 6.07) is 2.39. The summed E-state index contributed by atoms with van der Waals surface area (Å²) in [5.41, 5.74) is 13.2. The monoisotopic (exact) mass is 1740 g/mol. The van der Waals surface area contributed by atoms with E-state index in [1.54, 1.807) is 84.9 Å². The summed E-state index contributed by atoms with van der Waals surface area (Å²) in [6.07, 6.45) is -1.15. The Morgan fingerprint density at radius 1 is 0.603 bits per heavy atom. The molecule has 656 valence electrons. The molecule has 0 saturated carbocycles. The molecule has 2 fully saturated rings. The van der Waals surface area contributed by atoms with Crippen LogP contribution in [0.1, 0.15) is 112 Å². The molecule has 0 unspecified atom stereocenters. The largest absolute Gasteiger partial charge is 0.481 e. The van der Waals surface area contributed by atoms with Crippen molar-refractivity contribution in [1.29, 1.82) is 5.41 Å². The normalized spacial score (nSPS) is 20.7. The number of nitrogens with two attached hydrogens (primary N) is 2. The minimum Gasteiger partial charge on any atom is -0.481 e. The number of hydrogen-bond acceptors (Lipinski definition) is 23. The Labute approximate surface area is 709 Å². The molecule has 121 heavy (non-hydrogen) atoms. The van der Waals surface area contributed by atoms with Gasteiger partial charge in [-0.05, 0) is 92.6 Å². The van der Waals surface area contributed by atoms with Crippen LogP contribution in [0.4, 0.5) is 0 Å². The van der Waals surface area contributed by atoms with Crippen molar-refractivity contribution < 1.29 is 102 Å². The second-order valence-electron chi connectivity index (χ2n) is 29.2. The molecule has 1 aromatic heterocycles. The van der Waals surface area contributed by atoms with E-state index in [9.17, 15) is 87.5 Å². The highest BCUT2D eigenvalue weighted by molar-refractivity contribution is 7.99. The molecule has 14 atom stereocenters. The second kappa shape index (κ2) is 48.4. The third kappa shape index (κ3) is 31.3. The predicted octanol–water partition coefficient (Wildman–Crippen LogP) is -3.35. The van der Waals surface area contributed by atoms with E-state index in [1.807, 2.05) is 6.26 Å². The molecule has 0 radical (unpaired) electrons. The van der Waals surface area contributed by atoms with Crippen LogP contribution in [0.25, 0.3) is 0 Å². The number of carbonyl (C=O) groups is 17. The Bertz CT molecular complexity index is 4330. The van der Waals surface area contributed by atoms with Gasteiger partial charge in [0.25, 0.3) is 0 Å². The number of rotatable bonds is 35. The van der Waals surface area contributed by atoms with Gasteiger partial charge in [0, 0.05) is 81.4 Å². The maximum absolute atomic E-state index is 15.2. The fourth-order valence-corrected chi connectivity index (χ4v) is 16.1. The predicted molar refractivity (Wildman–Crippen MR) is 442 cm³/mol. The van der Waals surface area contributed by atoms with Crippen LogP contribution in [-0.2, 0) is 112 Å². The van der Waals surface area contributed by atoms with E-state index in [0.29, 0.717) is 40.8 Å². The number of aliphatic hydroxyl groups is 1. The van der Waals surface area contributed by atoms with Crippen molar-refractivity contribution in [2.45, 2.75) is 200 Å². The van der Waals surface area contributed by atoms with Gasteiger partial charge < -0.3 is 110 Å². The number of guanidine groups is 1. The number of primary amides is 1. The maximum Gasteiger partial charge on any atom is 0.305 e. The number of hydrogen-bond donors (Lipinski definition) is 20. The zero-order valence-corrected chi connectivity index (χ0v) is 69.3. The van der Waals surface area contributed by atoms with Gasteiger partial charge in [-0.3, -0.25) is 86.9 Å². The van der Waals surface area contributed by atoms with Gasteiger partial charge in [-0.25, -0.2) is 4.98 Å². The number of nitrogens with zero attached hydrogens (tertiary/aromatic N) is 3. The van der Waals surface area contributed by atoms with E-state index in [-0.39, 0.29) is 87.5 Å². The topological polar surface area (TPSA) is 627 Å². The molecule has 4 heterocycles. The summed E-state index contributed by atoms with van der Waals surface area (Å²) in [4.78, 5) is 248. The van der Waals surface area contributed by atoms with Crippen molar-refractivity contribution in [3.8, 4) is 0 Å². The van der Waals surface area contributed by atoms with Crippen LogP contribution in [-0.4, -0.2) is 275 Å². The number of aliphatic carboxylic acids is 3. The quantitative estimate of drug-likeness (QED) is 0.0122. The molecule has 4 aromatic rings. The summed E-state index contributed by atoms with van der Waals surface area (Å²) < 4.78 is 0. The van der Waals surface area contributed by atoms with E-state index in [0.717, 1.165) is 18.7 Å². The van der Waals surface area contributed by atoms with Crippen molar-refractivity contribution in [2.75, 3.05) is 43.1 Å². The summed E-state index contributed by atoms with van der Waals surface area (Å²) in [5.74, 6) is -18.5. The van der Waals surface area contributed by atoms with Crippen LogP contribution < -0.4 is 75.3 Å². The van der Waals surface area contributed by atoms with Crippen LogP contribution >= 0.6 is 35.3 Å². The molecule has 0 aliphatic carbocycles. The molecule has 3 aromatic carbocycles. The van der Waals surface area contributed by atoms with E-state index >= 15 is 14.4 Å². The number of aromatic amines is 1. The number of benzene rings is 3. The molecule has 7 rings (SSSR count). The first-order valence-electron chi connectivity index (χ1n) is 39.1. The fraction of sp³-hybridized carbons (Fsp3) is 0.500. The zero-order valence-electron chi connectivity index (χ0n) is 66.8. The molecule has 22 N–H and O–H groups in total. The highest BCUT2D eigenvalue weighted by atomic mass is 32.2. The maximum atomic E-state index is 15.2. The number of amides is 14. The highest BCUT2D eigenvalue weighted by Gasteiger charge is 2.46. The van der Waals surface area contributed by atoms with Crippen LogP contribution in [0.15, 0.2) is 97.5 Å². The number of nitrogens with one attached hydrogen (secondary N) is 14. The van der Waals surface area contributed by atoms with E-state index < -0.39 is 229 Å². The Balaban J connectivity index is 1.25. The van der Waals surface area contributed by atoms with Gasteiger partial charge in [-0.15, -0.1) is 0 Å². The molecule has 3 aliphatic rings. The van der Waals surface area contributed by atoms with Crippen molar-refractivity contribution in [1.82, 2.24) is 83.6 Å². The van der Waals surface area contributed by atoms with Crippen LogP contribution in [0.3, 0.4) is 0 Å². The second-order valence-corrected chi connectivity index (χ2v) is 32.2. The lowest BCUT2D eigenvalue weighted by molar-refractivity contribution is -0.148. The van der Waals surface area contributed by atoms with Crippen molar-refractivity contribution in [3.63, 3.8) is 0 Å². The van der Waals surface area contributed by atoms with Crippen LogP contribution in [0, 0.1) is 5.41 Å². The standard InChI is InChI=1S/C78H105N19O21S3/c1-42(98)64-75(116)87-50(23-24-61(100)101)67(108)89-54(32-45-16-8-5-9-17-45)70(111)93-57(39-120-37-46-18-10-19-47(30-46)38-121-40-58(94-68(109)51(25-29-119-3)85-43(2)99)76(117)97-28-13-22-60(97)77(118)96-27-12-21-59(96)74(115)95-64)73(114)92-56(35-63(104)105)72(113)91-55(33-48-36-82-41-84-48)71(112)90-53(31-44-14-6-4-7-15-44)69(110)86-49(20-11-26-83-78(80)81)66(107)88-52(65(79)106)34-62(102)103/h4-10,14-19,30,36,41-42,49-60,64,98H,11-13,20-29,31-35,37-40H2,1-3H3,(H2,79,106)(H,82,84)(H,85,99)(H,86,110)(H,87,116)(H,88,107)(H,89,108)(H,90,112)(H,91,113)(H,92,114)(H,93,111)(H,94,109)(H,95,115)(H,100,101)(H,102,103)(H,104,105)(H4,80,81,83)/t42-,49+,50+,51+,52+,53+,54+,55+,56+,57+,58-,59+,60+,64+/m1/s1. The summed E-state index contributed by atoms with van der Waals surface area (Å²) in [7, 11) is 0. The fourth-order valence-electron chi connectivity index (χ4n) is 13.6. The molecule has 40 nitrogen and oxygen atoms in total. The van der Waals surface area contributed by atoms with Crippen molar-refractivity contribution >= 4 is 142 Å². The Kier molecular flexibility index (Phi) is 38.5. The van der Waals surface area contributed by atoms with Crippen molar-refractivity contribution in [3.05, 3.63) is 125 Å². The van der Waals surface area contributed by atoms with Gasteiger partial charge in [-0.2, -0.15) is 35.3 Å². The molecule has 14 amide bonds. The van der Waals surface area contributed by atoms with E-state index in [1.165, 1.54) is 52.8 Å². The molecular weight excluding hydrogens is 1640 g/mol. The van der Waals surface area contributed by atoms with Gasteiger partial charge in [0.15, 0.2) is 5.96 Å². The van der Waals surface area contributed by atoms with Crippen LogP contribution in [0.2, 0.25) is 0 Å². The Hall–Kier alpha value is -11.9. The lowest BCUT2D eigenvalue weighted by atomic mass is 10.0. The minimum absolute atomic E-state index is 0.0119. The third-order valence-corrected chi connectivity index (χ3v) is 22.6. The number of carboxylic acid groups (broad SMARTS) is 3. The number of imidazole rings is 1. The van der Waals surface area contributed by atoms with Crippen LogP contribution in [0.5, 0.6) is 0 Å². The lowest BCUT2D eigenvalue weighted by Crippen LogP contribution is -2.62. The highest BCUT2D eigenvalue weighted by Crippen LogP contribution is 2.28. The number of H-pyrrole nitrogens is 1. The van der Waals surface area contributed by atoms with Gasteiger partial charge in [0.1, 0.15) is 78.5 Å². The average Bonchev–Trinajstić information content (AvgIpc) is 1.67. The van der Waals surface area contributed by atoms with Gasteiger partial charge in [0.2, 0.25) is 82.7 Å².